The largest absolute Gasteiger partial charge is 1.00 e. The normalized spacial score (nSPS) is 3.88. The smallest absolute Gasteiger partial charge is 0.696 e. The van der Waals surface area contributed by atoms with Gasteiger partial charge in [0.25, 0.3) is 0 Å². The van der Waals surface area contributed by atoms with Crippen LogP contribution in [0.2, 0.25) is 0 Å². The molecule has 0 aromatic carbocycles. The van der Waals surface area contributed by atoms with Gasteiger partial charge in [-0.3, -0.25) is 0 Å². The van der Waals surface area contributed by atoms with E-state index >= 15 is 0 Å². The molecule has 0 heterocycles. The number of carbonyl (C=O) groups excluding carboxylic acids is 1. The first kappa shape index (κ1) is 15.8. The molecule has 4 N–H and O–H groups in total. The molecule has 8 heavy (non-hydrogen) atoms. The molecule has 4 nitrogen and oxygen atoms in total. The van der Waals surface area contributed by atoms with Gasteiger partial charge < -0.3 is 24.1 Å². The Morgan fingerprint density at radius 3 is 1.62 bits per heavy atom. The second-order valence-corrected chi connectivity index (χ2v) is 0.676. The number of thiocyanates is 1. The summed E-state index contributed by atoms with van der Waals surface area (Å²) < 4.78 is 0. The summed E-state index contributed by atoms with van der Waals surface area (Å²) in [5.74, 6) is 0. The molecule has 0 spiro atoms. The van der Waals surface area contributed by atoms with E-state index in [1.54, 1.807) is 0 Å². The van der Waals surface area contributed by atoms with E-state index in [-0.39, 0.29) is 51.4 Å². The molecule has 0 bridgehead atoms. The zero-order valence-corrected chi connectivity index (χ0v) is 8.36. The van der Waals surface area contributed by atoms with Gasteiger partial charge in [-0.1, -0.05) is 5.40 Å². The summed E-state index contributed by atoms with van der Waals surface area (Å²) in [5, 5.41) is 8.47. The summed E-state index contributed by atoms with van der Waals surface area (Å²) in [7, 11) is 0. The molecule has 0 unspecified atom stereocenters. The number of urea groups is 1. The van der Waals surface area contributed by atoms with Crippen LogP contribution in [0, 0.1) is 10.7 Å². The standard InChI is InChI=1S/CH4N2O.CHNS.K/c2-1(3)4;2-1-3;/h(H4,2,3,4);3H;/q;;+1/p-1. The van der Waals surface area contributed by atoms with Crippen LogP contribution in [0.3, 0.4) is 0 Å². The fraction of sp³-hybridized carbons (Fsp3) is 0. The van der Waals surface area contributed by atoms with Crippen LogP contribution < -0.4 is 62.9 Å². The maximum atomic E-state index is 9.00. The van der Waals surface area contributed by atoms with Gasteiger partial charge >= 0.3 is 57.4 Å². The molecule has 0 aliphatic heterocycles. The molecule has 2 amide bonds. The topological polar surface area (TPSA) is 92.9 Å². The Morgan fingerprint density at radius 1 is 1.62 bits per heavy atom. The maximum absolute atomic E-state index is 9.00. The number of primary amides is 2. The molecule has 0 radical (unpaired) electrons. The molecule has 0 aromatic heterocycles. The number of rotatable bonds is 0. The minimum absolute atomic E-state index is 0. The third-order valence-corrected chi connectivity index (χ3v) is 0. The Bertz CT molecular complexity index is 85.8. The molecule has 0 aliphatic rings. The SMILES string of the molecule is N#C[S-].NC(N)=O.[K+]. The van der Waals surface area contributed by atoms with Crippen LogP contribution in [-0.2, 0) is 12.6 Å². The van der Waals surface area contributed by atoms with E-state index in [1.165, 1.54) is 5.40 Å². The van der Waals surface area contributed by atoms with Crippen molar-refractivity contribution >= 4 is 18.7 Å². The average Bonchev–Trinajstić information content (AvgIpc) is 1.33. The molecule has 0 saturated heterocycles. The van der Waals surface area contributed by atoms with E-state index in [0.717, 1.165) is 0 Å². The van der Waals surface area contributed by atoms with Crippen molar-refractivity contribution in [2.45, 2.75) is 0 Å². The van der Waals surface area contributed by atoms with Gasteiger partial charge in [0.2, 0.25) is 0 Å². The second-order valence-electron chi connectivity index (χ2n) is 0.494. The van der Waals surface area contributed by atoms with E-state index in [2.05, 4.69) is 24.1 Å². The molecule has 0 aliphatic carbocycles. The zero-order chi connectivity index (χ0) is 6.28. The van der Waals surface area contributed by atoms with Crippen LogP contribution >= 0.6 is 0 Å². The molecular formula is C2H4KN3OS. The fourth-order valence-electron chi connectivity index (χ4n) is 0. The monoisotopic (exact) mass is 157 g/mol. The van der Waals surface area contributed by atoms with E-state index in [4.69, 9.17) is 10.1 Å². The summed E-state index contributed by atoms with van der Waals surface area (Å²) >= 11 is 3.70. The molecule has 0 aromatic rings. The van der Waals surface area contributed by atoms with Crippen molar-refractivity contribution in [3.05, 3.63) is 0 Å². The molecule has 6 heteroatoms. The first-order valence-electron chi connectivity index (χ1n) is 1.21. The molecule has 0 saturated carbocycles. The minimum Gasteiger partial charge on any atom is -0.696 e. The molecular weight excluding hydrogens is 153 g/mol. The second kappa shape index (κ2) is 15.6. The summed E-state index contributed by atoms with van der Waals surface area (Å²) in [6, 6.07) is -0.833. The van der Waals surface area contributed by atoms with Crippen LogP contribution in [-0.4, -0.2) is 6.03 Å². The number of hydrogen-bond donors (Lipinski definition) is 2. The summed E-state index contributed by atoms with van der Waals surface area (Å²) in [6.07, 6.45) is 0. The van der Waals surface area contributed by atoms with E-state index in [0.29, 0.717) is 0 Å². The first-order valence-corrected chi connectivity index (χ1v) is 1.62. The zero-order valence-electron chi connectivity index (χ0n) is 4.42. The first-order chi connectivity index (χ1) is 3.15. The summed E-state index contributed by atoms with van der Waals surface area (Å²) in [5.41, 5.74) is 8.50. The third-order valence-electron chi connectivity index (χ3n) is 0. The summed E-state index contributed by atoms with van der Waals surface area (Å²) in [6.45, 7) is 0. The van der Waals surface area contributed by atoms with Crippen molar-refractivity contribution in [3.63, 3.8) is 0 Å². The minimum atomic E-state index is -0.833. The number of nitrogens with zero attached hydrogens (tertiary/aromatic N) is 1. The van der Waals surface area contributed by atoms with Crippen molar-refractivity contribution in [2.75, 3.05) is 0 Å². The van der Waals surface area contributed by atoms with Gasteiger partial charge in [-0.05, 0) is 0 Å². The average molecular weight is 157 g/mol. The molecule has 0 atom stereocenters. The maximum Gasteiger partial charge on any atom is 1.00 e. The fourth-order valence-corrected chi connectivity index (χ4v) is 0. The van der Waals surface area contributed by atoms with Gasteiger partial charge in [0, 0.05) is 0 Å². The van der Waals surface area contributed by atoms with Crippen molar-refractivity contribution in [1.29, 1.82) is 5.26 Å². The number of nitrogens with two attached hydrogens (primary N) is 2. The van der Waals surface area contributed by atoms with Crippen LogP contribution in [0.25, 0.3) is 0 Å². The van der Waals surface area contributed by atoms with Gasteiger partial charge in [-0.2, -0.15) is 0 Å². The van der Waals surface area contributed by atoms with Gasteiger partial charge in [-0.15, -0.1) is 0 Å². The van der Waals surface area contributed by atoms with E-state index < -0.39 is 6.03 Å². The Labute approximate surface area is 95.4 Å². The van der Waals surface area contributed by atoms with Crippen LogP contribution in [0.4, 0.5) is 4.79 Å². The van der Waals surface area contributed by atoms with Crippen LogP contribution in [0.1, 0.15) is 0 Å². The van der Waals surface area contributed by atoms with Gasteiger partial charge in [0.05, 0.1) is 0 Å². The predicted octanol–water partition coefficient (Wildman–Crippen LogP) is -3.96. The molecule has 0 fully saturated rings. The van der Waals surface area contributed by atoms with E-state index in [9.17, 15) is 0 Å². The van der Waals surface area contributed by atoms with Crippen molar-refractivity contribution < 1.29 is 56.2 Å². The van der Waals surface area contributed by atoms with Crippen LogP contribution in [0.15, 0.2) is 0 Å². The van der Waals surface area contributed by atoms with Crippen molar-refractivity contribution in [3.8, 4) is 5.40 Å². The van der Waals surface area contributed by atoms with Crippen molar-refractivity contribution in [2.24, 2.45) is 11.5 Å². The molecule has 0 rings (SSSR count). The number of nitriles is 1. The number of carbonyl (C=O) groups is 1. The number of hydrogen-bond acceptors (Lipinski definition) is 3. The predicted molar refractivity (Wildman–Crippen MR) is 26.7 cm³/mol. The number of amides is 2. The molecule has 40 valence electrons. The van der Waals surface area contributed by atoms with Gasteiger partial charge in [0.15, 0.2) is 0 Å². The van der Waals surface area contributed by atoms with Crippen molar-refractivity contribution in [1.82, 2.24) is 0 Å². The van der Waals surface area contributed by atoms with Crippen LogP contribution in [0.5, 0.6) is 0 Å². The van der Waals surface area contributed by atoms with Gasteiger partial charge in [-0.25, -0.2) is 10.1 Å². The Kier molecular flexibility index (Phi) is 31.0. The Balaban J connectivity index is -0.0000000575. The Hall–Kier alpha value is 0.616. The summed E-state index contributed by atoms with van der Waals surface area (Å²) in [4.78, 5) is 9.00. The van der Waals surface area contributed by atoms with E-state index in [1.807, 2.05) is 0 Å². The third kappa shape index (κ3) is 549. The van der Waals surface area contributed by atoms with Gasteiger partial charge in [0.1, 0.15) is 0 Å². The quantitative estimate of drug-likeness (QED) is 0.213. The Morgan fingerprint density at radius 2 is 1.62 bits per heavy atom.